The van der Waals surface area contributed by atoms with Gasteiger partial charge in [0.2, 0.25) is 0 Å². The molecule has 1 aromatic rings. The molecule has 3 nitrogen and oxygen atoms in total. The van der Waals surface area contributed by atoms with E-state index in [0.717, 1.165) is 6.26 Å². The van der Waals surface area contributed by atoms with E-state index in [9.17, 15) is 17.9 Å². The first-order chi connectivity index (χ1) is 7.36. The van der Waals surface area contributed by atoms with Crippen molar-refractivity contribution in [2.45, 2.75) is 17.9 Å². The first kappa shape index (κ1) is 13.1. The second kappa shape index (κ2) is 4.93. The van der Waals surface area contributed by atoms with E-state index in [1.165, 1.54) is 24.3 Å². The molecule has 0 bridgehead atoms. The minimum Gasteiger partial charge on any atom is -0.388 e. The maximum atomic E-state index is 12.3. The summed E-state index contributed by atoms with van der Waals surface area (Å²) in [5, 5.41) is 9.69. The van der Waals surface area contributed by atoms with Crippen LogP contribution in [0.25, 0.3) is 0 Å². The fourth-order valence-electron chi connectivity index (χ4n) is 1.33. The summed E-state index contributed by atoms with van der Waals surface area (Å²) in [5.41, 5.74) is 0.526. The first-order valence-corrected chi connectivity index (χ1v) is 6.79. The minimum atomic E-state index is -3.23. The van der Waals surface area contributed by atoms with Crippen molar-refractivity contribution in [2.75, 3.05) is 12.9 Å². The topological polar surface area (TPSA) is 54.4 Å². The quantitative estimate of drug-likeness (QED) is 0.880. The lowest BCUT2D eigenvalue weighted by Crippen LogP contribution is -2.11. The van der Waals surface area contributed by atoms with E-state index in [2.05, 4.69) is 0 Å². The van der Waals surface area contributed by atoms with Gasteiger partial charge in [-0.2, -0.15) is 0 Å². The number of aliphatic hydroxyl groups is 1. The summed E-state index contributed by atoms with van der Waals surface area (Å²) < 4.78 is 34.7. The monoisotopic (exact) mass is 246 g/mol. The van der Waals surface area contributed by atoms with Crippen LogP contribution in [0.3, 0.4) is 0 Å². The maximum absolute atomic E-state index is 12.3. The van der Waals surface area contributed by atoms with E-state index < -0.39 is 28.5 Å². The lowest BCUT2D eigenvalue weighted by atomic mass is 9.99. The molecule has 16 heavy (non-hydrogen) atoms. The van der Waals surface area contributed by atoms with Crippen LogP contribution in [0.2, 0.25) is 0 Å². The van der Waals surface area contributed by atoms with E-state index in [4.69, 9.17) is 0 Å². The third-order valence-corrected chi connectivity index (χ3v) is 3.56. The number of hydrogen-bond donors (Lipinski definition) is 1. The number of aliphatic hydroxyl groups excluding tert-OH is 1. The Bertz CT molecular complexity index is 439. The van der Waals surface area contributed by atoms with E-state index >= 15 is 0 Å². The molecule has 0 saturated carbocycles. The molecule has 0 radical (unpaired) electrons. The van der Waals surface area contributed by atoms with E-state index in [1.54, 1.807) is 6.92 Å². The number of halogens is 1. The van der Waals surface area contributed by atoms with Gasteiger partial charge >= 0.3 is 0 Å². The van der Waals surface area contributed by atoms with Crippen molar-refractivity contribution in [3.63, 3.8) is 0 Å². The Morgan fingerprint density at radius 3 is 2.19 bits per heavy atom. The summed E-state index contributed by atoms with van der Waals surface area (Å²) >= 11 is 0. The second-order valence-electron chi connectivity index (χ2n) is 3.92. The Hall–Kier alpha value is -0.940. The van der Waals surface area contributed by atoms with Crippen LogP contribution in [-0.4, -0.2) is 26.5 Å². The van der Waals surface area contributed by atoms with Crippen LogP contribution in [0.5, 0.6) is 0 Å². The SMILES string of the molecule is C[C@H](CF)[C@@H](O)c1ccc(S(C)(=O)=O)cc1. The molecule has 0 heterocycles. The highest BCUT2D eigenvalue weighted by Crippen LogP contribution is 2.23. The molecule has 0 aromatic heterocycles. The summed E-state index contributed by atoms with van der Waals surface area (Å²) in [6, 6.07) is 5.85. The lowest BCUT2D eigenvalue weighted by molar-refractivity contribution is 0.101. The zero-order chi connectivity index (χ0) is 12.3. The van der Waals surface area contributed by atoms with Crippen molar-refractivity contribution in [2.24, 2.45) is 5.92 Å². The van der Waals surface area contributed by atoms with Gasteiger partial charge in [-0.15, -0.1) is 0 Å². The minimum absolute atomic E-state index is 0.191. The van der Waals surface area contributed by atoms with Gasteiger partial charge in [0.05, 0.1) is 17.7 Å². The predicted octanol–water partition coefficient (Wildman–Crippen LogP) is 1.73. The Morgan fingerprint density at radius 2 is 1.81 bits per heavy atom. The molecule has 0 aliphatic rings. The number of sulfone groups is 1. The van der Waals surface area contributed by atoms with Gasteiger partial charge in [0.25, 0.3) is 0 Å². The summed E-state index contributed by atoms with van der Waals surface area (Å²) in [5.74, 6) is -0.496. The Kier molecular flexibility index (Phi) is 4.04. The Morgan fingerprint density at radius 1 is 1.31 bits per heavy atom. The first-order valence-electron chi connectivity index (χ1n) is 4.90. The number of rotatable bonds is 4. The van der Waals surface area contributed by atoms with Gasteiger partial charge in [-0.25, -0.2) is 8.42 Å². The van der Waals surface area contributed by atoms with Crippen molar-refractivity contribution >= 4 is 9.84 Å². The highest BCUT2D eigenvalue weighted by Gasteiger charge is 2.16. The van der Waals surface area contributed by atoms with Crippen LogP contribution in [0.1, 0.15) is 18.6 Å². The van der Waals surface area contributed by atoms with Gasteiger partial charge in [0, 0.05) is 12.2 Å². The zero-order valence-electron chi connectivity index (χ0n) is 9.22. The Balaban J connectivity index is 2.96. The average Bonchev–Trinajstić information content (AvgIpc) is 2.26. The third kappa shape index (κ3) is 3.02. The molecule has 0 saturated heterocycles. The fraction of sp³-hybridized carbons (Fsp3) is 0.455. The highest BCUT2D eigenvalue weighted by molar-refractivity contribution is 7.90. The van der Waals surface area contributed by atoms with Gasteiger partial charge in [0.1, 0.15) is 0 Å². The zero-order valence-corrected chi connectivity index (χ0v) is 10.0. The highest BCUT2D eigenvalue weighted by atomic mass is 32.2. The van der Waals surface area contributed by atoms with Gasteiger partial charge in [-0.05, 0) is 17.7 Å². The molecule has 1 rings (SSSR count). The van der Waals surface area contributed by atoms with Gasteiger partial charge in [-0.3, -0.25) is 4.39 Å². The molecular weight excluding hydrogens is 231 g/mol. The summed E-state index contributed by atoms with van der Waals surface area (Å²) in [4.78, 5) is 0.191. The van der Waals surface area contributed by atoms with Gasteiger partial charge in [-0.1, -0.05) is 19.1 Å². The summed E-state index contributed by atoms with van der Waals surface area (Å²) in [6.45, 7) is 0.976. The van der Waals surface area contributed by atoms with Crippen LogP contribution in [0.15, 0.2) is 29.2 Å². The van der Waals surface area contributed by atoms with Crippen molar-refractivity contribution < 1.29 is 17.9 Å². The molecule has 0 aliphatic heterocycles. The largest absolute Gasteiger partial charge is 0.388 e. The molecule has 5 heteroatoms. The summed E-state index contributed by atoms with van der Waals surface area (Å²) in [6.07, 6.45) is 0.210. The molecule has 1 N–H and O–H groups in total. The molecule has 1 aromatic carbocycles. The molecule has 0 spiro atoms. The number of benzene rings is 1. The molecule has 0 fully saturated rings. The van der Waals surface area contributed by atoms with Crippen molar-refractivity contribution in [1.29, 1.82) is 0 Å². The van der Waals surface area contributed by atoms with Gasteiger partial charge < -0.3 is 5.11 Å². The third-order valence-electron chi connectivity index (χ3n) is 2.43. The normalized spacial score (nSPS) is 15.8. The molecule has 0 aliphatic carbocycles. The number of alkyl halides is 1. The summed E-state index contributed by atoms with van der Waals surface area (Å²) in [7, 11) is -3.23. The molecule has 0 amide bonds. The van der Waals surface area contributed by atoms with Crippen molar-refractivity contribution in [3.8, 4) is 0 Å². The van der Waals surface area contributed by atoms with Crippen LogP contribution in [-0.2, 0) is 9.84 Å². The standard InChI is InChI=1S/C11H15FO3S/c1-8(7-12)11(13)9-3-5-10(6-4-9)16(2,14)15/h3-6,8,11,13H,7H2,1-2H3/t8-,11-/m1/s1. The van der Waals surface area contributed by atoms with Crippen molar-refractivity contribution in [1.82, 2.24) is 0 Å². The van der Waals surface area contributed by atoms with E-state index in [-0.39, 0.29) is 4.90 Å². The predicted molar refractivity (Wildman–Crippen MR) is 59.7 cm³/mol. The van der Waals surface area contributed by atoms with Crippen LogP contribution >= 0.6 is 0 Å². The maximum Gasteiger partial charge on any atom is 0.175 e. The fourth-order valence-corrected chi connectivity index (χ4v) is 1.96. The lowest BCUT2D eigenvalue weighted by Gasteiger charge is -2.16. The molecular formula is C11H15FO3S. The van der Waals surface area contributed by atoms with Crippen LogP contribution in [0, 0.1) is 5.92 Å². The Labute approximate surface area is 94.8 Å². The van der Waals surface area contributed by atoms with Crippen LogP contribution in [0.4, 0.5) is 4.39 Å². The van der Waals surface area contributed by atoms with Crippen LogP contribution < -0.4 is 0 Å². The smallest absolute Gasteiger partial charge is 0.175 e. The average molecular weight is 246 g/mol. The van der Waals surface area contributed by atoms with E-state index in [1.807, 2.05) is 0 Å². The number of hydrogen-bond acceptors (Lipinski definition) is 3. The molecule has 0 unspecified atom stereocenters. The van der Waals surface area contributed by atoms with Crippen molar-refractivity contribution in [3.05, 3.63) is 29.8 Å². The second-order valence-corrected chi connectivity index (χ2v) is 5.93. The molecule has 2 atom stereocenters. The van der Waals surface area contributed by atoms with E-state index in [0.29, 0.717) is 5.56 Å². The molecule has 90 valence electrons. The van der Waals surface area contributed by atoms with Gasteiger partial charge in [0.15, 0.2) is 9.84 Å².